The molecule has 1 saturated heterocycles. The summed E-state index contributed by atoms with van der Waals surface area (Å²) in [6, 6.07) is 7.54. The van der Waals surface area contributed by atoms with Crippen LogP contribution in [0, 0.1) is 5.92 Å². The average molecular weight is 480 g/mol. The molecule has 2 atom stereocenters. The fourth-order valence-corrected chi connectivity index (χ4v) is 4.68. The number of carboxylic acid groups (broad SMARTS) is 1. The molecule has 1 saturated carbocycles. The molecule has 10 heteroatoms. The molecule has 182 valence electrons. The molecular formula is C23H33N3O6S. The molecule has 0 radical (unpaired) electrons. The number of likely N-dealkylation sites (N-methyl/N-ethyl adjacent to an activating group) is 1. The number of hydrogen-bond donors (Lipinski definition) is 3. The van der Waals surface area contributed by atoms with Crippen LogP contribution in [0.25, 0.3) is 0 Å². The summed E-state index contributed by atoms with van der Waals surface area (Å²) in [4.78, 5) is 49.2. The number of carbonyl (C=O) groups is 4. The highest BCUT2D eigenvalue weighted by molar-refractivity contribution is 7.98. The van der Waals surface area contributed by atoms with Crippen molar-refractivity contribution in [3.8, 4) is 0 Å². The first kappa shape index (κ1) is 26.7. The van der Waals surface area contributed by atoms with Crippen molar-refractivity contribution in [2.24, 2.45) is 5.92 Å². The number of hydrogen-bond acceptors (Lipinski definition) is 7. The predicted octanol–water partition coefficient (Wildman–Crippen LogP) is 1.76. The number of carbonyl (C=O) groups excluding carboxylic acids is 3. The number of esters is 1. The summed E-state index contributed by atoms with van der Waals surface area (Å²) in [5, 5.41) is 13.0. The maximum Gasteiger partial charge on any atom is 0.331 e. The van der Waals surface area contributed by atoms with Crippen LogP contribution in [0.3, 0.4) is 0 Å². The quantitative estimate of drug-likeness (QED) is 0.320. The molecule has 1 aliphatic carbocycles. The first-order valence-electron chi connectivity index (χ1n) is 10.9. The summed E-state index contributed by atoms with van der Waals surface area (Å²) in [5.74, 6) is -0.779. The zero-order valence-corrected chi connectivity index (χ0v) is 20.2. The van der Waals surface area contributed by atoms with Gasteiger partial charge in [0.1, 0.15) is 5.54 Å². The minimum Gasteiger partial charge on any atom is -0.483 e. The van der Waals surface area contributed by atoms with Gasteiger partial charge in [0.05, 0.1) is 13.0 Å². The lowest BCUT2D eigenvalue weighted by atomic mass is 9.76. The molecule has 1 aliphatic heterocycles. The van der Waals surface area contributed by atoms with Crippen LogP contribution in [-0.2, 0) is 19.1 Å². The Bertz CT molecular complexity index is 845. The van der Waals surface area contributed by atoms with Crippen LogP contribution in [0.5, 0.6) is 0 Å². The van der Waals surface area contributed by atoms with Gasteiger partial charge in [0, 0.05) is 29.6 Å². The van der Waals surface area contributed by atoms with E-state index in [-0.39, 0.29) is 36.2 Å². The second kappa shape index (κ2) is 12.6. The molecule has 2 aliphatic rings. The van der Waals surface area contributed by atoms with Gasteiger partial charge in [0.25, 0.3) is 12.4 Å². The van der Waals surface area contributed by atoms with Crippen molar-refractivity contribution < 1.29 is 29.0 Å². The van der Waals surface area contributed by atoms with Gasteiger partial charge in [-0.1, -0.05) is 6.07 Å². The Labute approximate surface area is 198 Å². The zero-order valence-electron chi connectivity index (χ0n) is 19.3. The molecule has 0 unspecified atom stereocenters. The maximum atomic E-state index is 12.9. The number of ether oxygens (including phenoxy) is 1. The van der Waals surface area contributed by atoms with E-state index in [9.17, 15) is 14.4 Å². The van der Waals surface area contributed by atoms with E-state index in [1.807, 2.05) is 37.6 Å². The monoisotopic (exact) mass is 479 g/mol. The molecule has 1 aromatic carbocycles. The molecular weight excluding hydrogens is 446 g/mol. The number of rotatable bonds is 6. The maximum absolute atomic E-state index is 12.9. The topological polar surface area (TPSA) is 125 Å². The molecule has 1 aromatic rings. The number of amides is 2. The summed E-state index contributed by atoms with van der Waals surface area (Å²) in [6.07, 6.45) is 5.51. The van der Waals surface area contributed by atoms with Gasteiger partial charge in [-0.05, 0) is 63.6 Å². The molecule has 9 nitrogen and oxygen atoms in total. The van der Waals surface area contributed by atoms with E-state index in [4.69, 9.17) is 14.6 Å². The van der Waals surface area contributed by atoms with Crippen molar-refractivity contribution in [2.45, 2.75) is 48.6 Å². The van der Waals surface area contributed by atoms with E-state index in [0.29, 0.717) is 44.3 Å². The Morgan fingerprint density at radius 3 is 2.52 bits per heavy atom. The van der Waals surface area contributed by atoms with Crippen molar-refractivity contribution in [1.82, 2.24) is 15.5 Å². The van der Waals surface area contributed by atoms with Gasteiger partial charge < -0.3 is 25.4 Å². The fourth-order valence-electron chi connectivity index (χ4n) is 4.22. The van der Waals surface area contributed by atoms with Gasteiger partial charge >= 0.3 is 5.97 Å². The van der Waals surface area contributed by atoms with Gasteiger partial charge in [-0.3, -0.25) is 14.4 Å². The summed E-state index contributed by atoms with van der Waals surface area (Å²) in [7, 11) is 3.31. The third-order valence-corrected chi connectivity index (χ3v) is 6.84. The van der Waals surface area contributed by atoms with Crippen molar-refractivity contribution in [1.29, 1.82) is 0 Å². The molecule has 2 fully saturated rings. The molecule has 2 amide bonds. The summed E-state index contributed by atoms with van der Waals surface area (Å²) < 4.78 is 4.90. The van der Waals surface area contributed by atoms with Crippen molar-refractivity contribution in [3.63, 3.8) is 0 Å². The van der Waals surface area contributed by atoms with Crippen molar-refractivity contribution in [2.75, 3.05) is 33.5 Å². The van der Waals surface area contributed by atoms with E-state index in [0.717, 1.165) is 11.3 Å². The summed E-state index contributed by atoms with van der Waals surface area (Å²) in [5.41, 5.74) is -0.208. The van der Waals surface area contributed by atoms with E-state index in [2.05, 4.69) is 15.5 Å². The van der Waals surface area contributed by atoms with Gasteiger partial charge in [-0.2, -0.15) is 0 Å². The standard InChI is InChI=1S/C22H31N3O4S.CH2O2/c1-25-13-16(20(27)24-22(10-5-11-22)21(28)29-2)8-9-17(14-25)23-19(26)15-6-4-7-18(12-15)30-3;2-1-3/h4,6-7,12,16-17H,5,8-11,13-14H2,1-3H3,(H,23,26)(H,24,27);1H,(H,2,3)/t16-,17+;/m1./s1. The minimum absolute atomic E-state index is 0.0310. The lowest BCUT2D eigenvalue weighted by molar-refractivity contribution is -0.155. The van der Waals surface area contributed by atoms with Crippen LogP contribution >= 0.6 is 11.8 Å². The lowest BCUT2D eigenvalue weighted by Gasteiger charge is -2.40. The second-order valence-corrected chi connectivity index (χ2v) is 9.30. The van der Waals surface area contributed by atoms with Crippen LogP contribution in [0.4, 0.5) is 0 Å². The Kier molecular flexibility index (Phi) is 10.2. The highest BCUT2D eigenvalue weighted by Gasteiger charge is 2.47. The van der Waals surface area contributed by atoms with Crippen LogP contribution in [0.15, 0.2) is 29.2 Å². The third kappa shape index (κ3) is 7.20. The van der Waals surface area contributed by atoms with Crippen molar-refractivity contribution in [3.05, 3.63) is 29.8 Å². The Hall–Kier alpha value is -2.59. The largest absolute Gasteiger partial charge is 0.483 e. The van der Waals surface area contributed by atoms with Crippen LogP contribution in [0.1, 0.15) is 42.5 Å². The van der Waals surface area contributed by atoms with E-state index < -0.39 is 5.54 Å². The normalized spacial score (nSPS) is 21.8. The Balaban J connectivity index is 0.00000122. The molecule has 3 N–H and O–H groups in total. The number of methoxy groups -OCH3 is 1. The van der Waals surface area contributed by atoms with Gasteiger partial charge in [-0.25, -0.2) is 4.79 Å². The van der Waals surface area contributed by atoms with Crippen LogP contribution in [-0.4, -0.2) is 79.3 Å². The Morgan fingerprint density at radius 2 is 1.94 bits per heavy atom. The molecule has 0 bridgehead atoms. The number of thioether (sulfide) groups is 1. The summed E-state index contributed by atoms with van der Waals surface area (Å²) >= 11 is 1.60. The van der Waals surface area contributed by atoms with E-state index >= 15 is 0 Å². The number of nitrogens with one attached hydrogen (secondary N) is 2. The van der Waals surface area contributed by atoms with Crippen LogP contribution in [0.2, 0.25) is 0 Å². The first-order chi connectivity index (χ1) is 15.8. The third-order valence-electron chi connectivity index (χ3n) is 6.11. The molecule has 1 heterocycles. The van der Waals surface area contributed by atoms with Crippen LogP contribution < -0.4 is 10.6 Å². The predicted molar refractivity (Wildman–Crippen MR) is 125 cm³/mol. The minimum atomic E-state index is -0.855. The average Bonchev–Trinajstić information content (AvgIpc) is 2.97. The summed E-state index contributed by atoms with van der Waals surface area (Å²) in [6.45, 7) is 1.03. The van der Waals surface area contributed by atoms with E-state index in [1.54, 1.807) is 11.8 Å². The highest BCUT2D eigenvalue weighted by atomic mass is 32.2. The second-order valence-electron chi connectivity index (χ2n) is 8.42. The molecule has 3 rings (SSSR count). The molecule has 0 spiro atoms. The molecule has 33 heavy (non-hydrogen) atoms. The number of likely N-dealkylation sites (tertiary alicyclic amines) is 1. The number of nitrogens with zero attached hydrogens (tertiary/aromatic N) is 1. The van der Waals surface area contributed by atoms with Gasteiger partial charge in [0.15, 0.2) is 0 Å². The Morgan fingerprint density at radius 1 is 1.24 bits per heavy atom. The first-order valence-corrected chi connectivity index (χ1v) is 12.1. The van der Waals surface area contributed by atoms with E-state index in [1.165, 1.54) is 7.11 Å². The van der Waals surface area contributed by atoms with Gasteiger partial charge in [0.2, 0.25) is 5.91 Å². The highest BCUT2D eigenvalue weighted by Crippen LogP contribution is 2.33. The SMILES string of the molecule is COC(=O)C1(NC(=O)[C@@H]2CC[C@H](NC(=O)c3cccc(SC)c3)CN(C)C2)CCC1.O=CO. The fraction of sp³-hybridized carbons (Fsp3) is 0.565. The zero-order chi connectivity index (χ0) is 24.4. The van der Waals surface area contributed by atoms with Crippen molar-refractivity contribution >= 4 is 36.0 Å². The smallest absolute Gasteiger partial charge is 0.331 e. The lowest BCUT2D eigenvalue weighted by Crippen LogP contribution is -2.61. The number of benzene rings is 1. The molecule has 0 aromatic heterocycles. The van der Waals surface area contributed by atoms with Gasteiger partial charge in [-0.15, -0.1) is 11.8 Å².